The number of ether oxygens (including phenoxy) is 3. The van der Waals surface area contributed by atoms with Crippen molar-refractivity contribution < 1.29 is 19.1 Å². The first kappa shape index (κ1) is 17.8. The summed E-state index contributed by atoms with van der Waals surface area (Å²) in [4.78, 5) is 10.3. The molecule has 0 N–H and O–H groups in total. The lowest BCUT2D eigenvalue weighted by Gasteiger charge is -2.13. The molecule has 0 atom stereocenters. The van der Waals surface area contributed by atoms with Crippen LogP contribution < -0.4 is 14.2 Å². The molecule has 7 nitrogen and oxygen atoms in total. The molecule has 0 aliphatic heterocycles. The first-order chi connectivity index (χ1) is 12.0. The van der Waals surface area contributed by atoms with Crippen molar-refractivity contribution in [3.63, 3.8) is 0 Å². The van der Waals surface area contributed by atoms with E-state index in [0.717, 1.165) is 0 Å². The fourth-order valence-electron chi connectivity index (χ4n) is 2.26. The molecule has 25 heavy (non-hydrogen) atoms. The molecule has 0 heterocycles. The van der Waals surface area contributed by atoms with Crippen LogP contribution in [0.4, 0.5) is 5.69 Å². The van der Waals surface area contributed by atoms with Gasteiger partial charge in [0.15, 0.2) is 0 Å². The molecule has 2 aromatic carbocycles. The van der Waals surface area contributed by atoms with Crippen molar-refractivity contribution in [3.05, 3.63) is 57.6 Å². The molecule has 0 aliphatic carbocycles. The molecule has 0 saturated heterocycles. The van der Waals surface area contributed by atoms with Crippen LogP contribution in [0.15, 0.2) is 36.4 Å². The van der Waals surface area contributed by atoms with Crippen molar-refractivity contribution in [2.24, 2.45) is 0 Å². The summed E-state index contributed by atoms with van der Waals surface area (Å²) in [7, 11) is 4.54. The van der Waals surface area contributed by atoms with Crippen LogP contribution in [0.5, 0.6) is 17.2 Å². The largest absolute Gasteiger partial charge is 0.496 e. The molecule has 0 aromatic heterocycles. The highest BCUT2D eigenvalue weighted by Crippen LogP contribution is 2.36. The maximum atomic E-state index is 10.8. The Labute approximate surface area is 144 Å². The van der Waals surface area contributed by atoms with E-state index in [-0.39, 0.29) is 5.69 Å². The minimum Gasteiger partial charge on any atom is -0.496 e. The Morgan fingerprint density at radius 2 is 1.64 bits per heavy atom. The number of nitro benzene ring substituents is 1. The molecule has 0 bridgehead atoms. The quantitative estimate of drug-likeness (QED) is 0.344. The molecule has 0 aliphatic rings. The highest BCUT2D eigenvalue weighted by molar-refractivity contribution is 5.92. The average Bonchev–Trinajstić information content (AvgIpc) is 2.65. The summed E-state index contributed by atoms with van der Waals surface area (Å²) in [5, 5.41) is 20.2. The van der Waals surface area contributed by atoms with Gasteiger partial charge < -0.3 is 14.2 Å². The Morgan fingerprint density at radius 3 is 2.04 bits per heavy atom. The lowest BCUT2D eigenvalue weighted by Crippen LogP contribution is -1.95. The van der Waals surface area contributed by atoms with Crippen LogP contribution in [0.3, 0.4) is 0 Å². The Hall–Kier alpha value is -3.53. The van der Waals surface area contributed by atoms with Gasteiger partial charge in [-0.3, -0.25) is 10.1 Å². The molecule has 128 valence electrons. The van der Waals surface area contributed by atoms with Crippen LogP contribution in [-0.2, 0) is 0 Å². The van der Waals surface area contributed by atoms with E-state index >= 15 is 0 Å². The van der Waals surface area contributed by atoms with Gasteiger partial charge in [-0.05, 0) is 23.8 Å². The number of nitrogens with zero attached hydrogens (tertiary/aromatic N) is 2. The van der Waals surface area contributed by atoms with Gasteiger partial charge in [0.05, 0.1) is 43.5 Å². The topological polar surface area (TPSA) is 94.6 Å². The van der Waals surface area contributed by atoms with Crippen molar-refractivity contribution in [2.75, 3.05) is 21.3 Å². The van der Waals surface area contributed by atoms with Crippen LogP contribution in [0, 0.1) is 21.4 Å². The third-order valence-electron chi connectivity index (χ3n) is 3.55. The summed E-state index contributed by atoms with van der Waals surface area (Å²) in [5.41, 5.74) is 1.39. The number of hydrogen-bond acceptors (Lipinski definition) is 6. The Morgan fingerprint density at radius 1 is 1.08 bits per heavy atom. The highest BCUT2D eigenvalue weighted by Gasteiger charge is 2.14. The predicted octanol–water partition coefficient (Wildman–Crippen LogP) is 3.68. The van der Waals surface area contributed by atoms with Gasteiger partial charge in [0.2, 0.25) is 0 Å². The summed E-state index contributed by atoms with van der Waals surface area (Å²) in [6.07, 6.45) is 1.61. The molecule has 2 rings (SSSR count). The van der Waals surface area contributed by atoms with E-state index in [9.17, 15) is 15.4 Å². The lowest BCUT2D eigenvalue weighted by atomic mass is 10.0. The number of methoxy groups -OCH3 is 3. The summed E-state index contributed by atoms with van der Waals surface area (Å²) < 4.78 is 15.9. The van der Waals surface area contributed by atoms with Gasteiger partial charge in [-0.2, -0.15) is 5.26 Å². The number of rotatable bonds is 6. The Kier molecular flexibility index (Phi) is 5.58. The Balaban J connectivity index is 2.56. The van der Waals surface area contributed by atoms with Crippen molar-refractivity contribution in [2.45, 2.75) is 0 Å². The number of nitro groups is 1. The monoisotopic (exact) mass is 340 g/mol. The molecule has 0 saturated carbocycles. The fraction of sp³-hybridized carbons (Fsp3) is 0.167. The third kappa shape index (κ3) is 3.87. The molecule has 0 amide bonds. The number of hydrogen-bond donors (Lipinski definition) is 0. The van der Waals surface area contributed by atoms with E-state index < -0.39 is 4.92 Å². The number of nitriles is 1. The zero-order valence-corrected chi connectivity index (χ0v) is 14.0. The zero-order chi connectivity index (χ0) is 18.4. The molecule has 2 aromatic rings. The summed E-state index contributed by atoms with van der Waals surface area (Å²) in [6.45, 7) is 0. The molecule has 0 spiro atoms. The van der Waals surface area contributed by atoms with Gasteiger partial charge in [0.25, 0.3) is 5.69 Å². The van der Waals surface area contributed by atoms with E-state index in [1.165, 1.54) is 45.6 Å². The summed E-state index contributed by atoms with van der Waals surface area (Å²) in [6, 6.07) is 11.2. The maximum Gasteiger partial charge on any atom is 0.269 e. The van der Waals surface area contributed by atoms with Crippen molar-refractivity contribution in [1.29, 1.82) is 5.26 Å². The number of benzene rings is 2. The van der Waals surface area contributed by atoms with Gasteiger partial charge in [0.1, 0.15) is 17.2 Å². The predicted molar refractivity (Wildman–Crippen MR) is 92.7 cm³/mol. The second-order valence-electron chi connectivity index (χ2n) is 4.92. The highest BCUT2D eigenvalue weighted by atomic mass is 16.6. The van der Waals surface area contributed by atoms with Gasteiger partial charge in [0, 0.05) is 24.3 Å². The minimum atomic E-state index is -0.491. The molecule has 0 fully saturated rings. The van der Waals surface area contributed by atoms with Crippen LogP contribution >= 0.6 is 0 Å². The minimum absolute atomic E-state index is 0.0411. The van der Waals surface area contributed by atoms with E-state index in [2.05, 4.69) is 6.07 Å². The van der Waals surface area contributed by atoms with Crippen molar-refractivity contribution >= 4 is 17.3 Å². The third-order valence-corrected chi connectivity index (χ3v) is 3.55. The maximum absolute atomic E-state index is 10.8. The lowest BCUT2D eigenvalue weighted by molar-refractivity contribution is -0.384. The first-order valence-corrected chi connectivity index (χ1v) is 7.20. The Bertz CT molecular complexity index is 826. The summed E-state index contributed by atoms with van der Waals surface area (Å²) >= 11 is 0. The van der Waals surface area contributed by atoms with Crippen LogP contribution in [-0.4, -0.2) is 26.3 Å². The number of non-ortho nitro benzene ring substituents is 1. The van der Waals surface area contributed by atoms with E-state index in [4.69, 9.17) is 14.2 Å². The molecule has 0 radical (unpaired) electrons. The van der Waals surface area contributed by atoms with Crippen LogP contribution in [0.25, 0.3) is 11.6 Å². The molecular formula is C18H16N2O5. The fourth-order valence-corrected chi connectivity index (χ4v) is 2.26. The second-order valence-corrected chi connectivity index (χ2v) is 4.92. The SMILES string of the molecule is COc1cc(OC)c(/C=C(\C#N)c2ccc([N+](=O)[O-])cc2)c(OC)c1. The van der Waals surface area contributed by atoms with Gasteiger partial charge in [-0.25, -0.2) is 0 Å². The van der Waals surface area contributed by atoms with Crippen molar-refractivity contribution in [1.82, 2.24) is 0 Å². The average molecular weight is 340 g/mol. The molecule has 0 unspecified atom stereocenters. The van der Waals surface area contributed by atoms with Gasteiger partial charge >= 0.3 is 0 Å². The number of allylic oxidation sites excluding steroid dienone is 1. The first-order valence-electron chi connectivity index (χ1n) is 7.20. The van der Waals surface area contributed by atoms with E-state index in [0.29, 0.717) is 33.9 Å². The van der Waals surface area contributed by atoms with Crippen molar-refractivity contribution in [3.8, 4) is 23.3 Å². The van der Waals surface area contributed by atoms with E-state index in [1.54, 1.807) is 18.2 Å². The zero-order valence-electron chi connectivity index (χ0n) is 14.0. The molecular weight excluding hydrogens is 324 g/mol. The standard InChI is InChI=1S/C18H16N2O5/c1-23-15-9-17(24-2)16(18(10-15)25-3)8-13(11-19)12-4-6-14(7-5-12)20(21)22/h4-10H,1-3H3/b13-8+. The molecule has 7 heteroatoms. The second kappa shape index (κ2) is 7.84. The van der Waals surface area contributed by atoms with E-state index in [1.807, 2.05) is 0 Å². The van der Waals surface area contributed by atoms with Crippen LogP contribution in [0.1, 0.15) is 11.1 Å². The smallest absolute Gasteiger partial charge is 0.269 e. The summed E-state index contributed by atoms with van der Waals surface area (Å²) in [5.74, 6) is 1.51. The van der Waals surface area contributed by atoms with Crippen LogP contribution in [0.2, 0.25) is 0 Å². The van der Waals surface area contributed by atoms with Gasteiger partial charge in [-0.15, -0.1) is 0 Å². The normalized spacial score (nSPS) is 10.7. The van der Waals surface area contributed by atoms with Gasteiger partial charge in [-0.1, -0.05) is 0 Å².